The van der Waals surface area contributed by atoms with Crippen LogP contribution in [0, 0.1) is 18.6 Å². The van der Waals surface area contributed by atoms with Crippen LogP contribution in [-0.4, -0.2) is 34.6 Å². The van der Waals surface area contributed by atoms with E-state index in [0.717, 1.165) is 0 Å². The molecule has 0 unspecified atom stereocenters. The number of carbonyl (C=O) groups excluding carboxylic acids is 2. The summed E-state index contributed by atoms with van der Waals surface area (Å²) in [6.45, 7) is 4.80. The Morgan fingerprint density at radius 2 is 1.81 bits per heavy atom. The number of amides is 2. The van der Waals surface area contributed by atoms with Crippen LogP contribution >= 0.6 is 0 Å². The molecule has 0 aromatic heterocycles. The Labute approximate surface area is 155 Å². The van der Waals surface area contributed by atoms with Gasteiger partial charge in [-0.2, -0.15) is 0 Å². The molecule has 2 aromatic carbocycles. The highest BCUT2D eigenvalue weighted by molar-refractivity contribution is 6.47. The number of rotatable bonds is 4. The minimum absolute atomic E-state index is 0.175. The predicted molar refractivity (Wildman–Crippen MR) is 98.5 cm³/mol. The Bertz CT molecular complexity index is 937. The average Bonchev–Trinajstić information content (AvgIpc) is 2.82. The fourth-order valence-electron chi connectivity index (χ4n) is 2.83. The molecule has 27 heavy (non-hydrogen) atoms. The van der Waals surface area contributed by atoms with Gasteiger partial charge in [0.2, 0.25) is 5.91 Å². The second-order valence-electron chi connectivity index (χ2n) is 6.87. The molecule has 1 heterocycles. The lowest BCUT2D eigenvalue weighted by molar-refractivity contribution is -0.131. The molecule has 0 spiro atoms. The maximum Gasteiger partial charge on any atom is 0.275 e. The molecule has 140 valence electrons. The summed E-state index contributed by atoms with van der Waals surface area (Å²) >= 11 is 0. The summed E-state index contributed by atoms with van der Waals surface area (Å²) in [6, 6.07) is 9.82. The Morgan fingerprint density at radius 3 is 2.44 bits per heavy atom. The summed E-state index contributed by atoms with van der Waals surface area (Å²) in [6.07, 6.45) is 0. The van der Waals surface area contributed by atoms with Crippen molar-refractivity contribution < 1.29 is 18.4 Å². The van der Waals surface area contributed by atoms with E-state index < -0.39 is 29.1 Å². The molecule has 1 N–H and O–H groups in total. The smallest absolute Gasteiger partial charge is 0.275 e. The fraction of sp³-hybridized carbons (Fsp3) is 0.250. The lowest BCUT2D eigenvalue weighted by Crippen LogP contribution is -2.46. The van der Waals surface area contributed by atoms with E-state index in [4.69, 9.17) is 0 Å². The zero-order valence-electron chi connectivity index (χ0n) is 15.2. The van der Waals surface area contributed by atoms with Crippen LogP contribution in [0.4, 0.5) is 14.5 Å². The van der Waals surface area contributed by atoms with Gasteiger partial charge in [0, 0.05) is 11.3 Å². The summed E-state index contributed by atoms with van der Waals surface area (Å²) in [5.74, 6) is -1.72. The van der Waals surface area contributed by atoms with Crippen LogP contribution in [0.2, 0.25) is 0 Å². The standard InChI is InChI=1S/C20H19F2N3O2/c1-12-4-9-15(10-16(12)22)23-17(26)11-25-19(27)18(24-20(25,2)3)13-5-7-14(21)8-6-13/h4-10H,11H2,1-3H3,(H,23,26). The average molecular weight is 371 g/mol. The van der Waals surface area contributed by atoms with E-state index in [1.165, 1.54) is 35.2 Å². The predicted octanol–water partition coefficient (Wildman–Crippen LogP) is 3.28. The van der Waals surface area contributed by atoms with Gasteiger partial charge in [0.15, 0.2) is 0 Å². The maximum atomic E-state index is 13.6. The van der Waals surface area contributed by atoms with Crippen LogP contribution in [0.25, 0.3) is 0 Å². The lowest BCUT2D eigenvalue weighted by atomic mass is 10.1. The summed E-state index contributed by atoms with van der Waals surface area (Å²) in [7, 11) is 0. The van der Waals surface area contributed by atoms with E-state index in [1.54, 1.807) is 32.9 Å². The molecule has 0 bridgehead atoms. The van der Waals surface area contributed by atoms with Crippen molar-refractivity contribution in [2.45, 2.75) is 26.4 Å². The van der Waals surface area contributed by atoms with Crippen molar-refractivity contribution in [2.75, 3.05) is 11.9 Å². The Morgan fingerprint density at radius 1 is 1.15 bits per heavy atom. The molecular weight excluding hydrogens is 352 g/mol. The van der Waals surface area contributed by atoms with Gasteiger partial charge in [-0.1, -0.05) is 6.07 Å². The Balaban J connectivity index is 1.75. The van der Waals surface area contributed by atoms with Crippen molar-refractivity contribution in [3.8, 4) is 0 Å². The van der Waals surface area contributed by atoms with Gasteiger partial charge in [-0.15, -0.1) is 0 Å². The topological polar surface area (TPSA) is 61.8 Å². The van der Waals surface area contributed by atoms with Crippen molar-refractivity contribution >= 4 is 23.2 Å². The number of carbonyl (C=O) groups is 2. The quantitative estimate of drug-likeness (QED) is 0.897. The van der Waals surface area contributed by atoms with Crippen molar-refractivity contribution in [3.63, 3.8) is 0 Å². The normalized spacial score (nSPS) is 15.7. The highest BCUT2D eigenvalue weighted by Crippen LogP contribution is 2.26. The third-order valence-corrected chi connectivity index (χ3v) is 4.37. The number of hydrogen-bond acceptors (Lipinski definition) is 3. The van der Waals surface area contributed by atoms with Crippen LogP contribution in [-0.2, 0) is 9.59 Å². The number of hydrogen-bond donors (Lipinski definition) is 1. The Hall–Kier alpha value is -3.09. The molecule has 2 aromatic rings. The number of benzene rings is 2. The second kappa shape index (κ2) is 6.90. The maximum absolute atomic E-state index is 13.6. The van der Waals surface area contributed by atoms with E-state index in [2.05, 4.69) is 10.3 Å². The molecule has 0 fully saturated rings. The summed E-state index contributed by atoms with van der Waals surface area (Å²) < 4.78 is 26.7. The zero-order valence-corrected chi connectivity index (χ0v) is 15.2. The van der Waals surface area contributed by atoms with E-state index >= 15 is 0 Å². The van der Waals surface area contributed by atoms with Crippen LogP contribution < -0.4 is 5.32 Å². The van der Waals surface area contributed by atoms with E-state index in [-0.39, 0.29) is 12.3 Å². The summed E-state index contributed by atoms with van der Waals surface area (Å²) in [5.41, 5.74) is 0.511. The largest absolute Gasteiger partial charge is 0.324 e. The van der Waals surface area contributed by atoms with Gasteiger partial charge in [0.25, 0.3) is 5.91 Å². The molecule has 0 saturated carbocycles. The number of anilines is 1. The van der Waals surface area contributed by atoms with Gasteiger partial charge in [-0.3, -0.25) is 14.6 Å². The van der Waals surface area contributed by atoms with Crippen LogP contribution in [0.5, 0.6) is 0 Å². The minimum Gasteiger partial charge on any atom is -0.324 e. The molecule has 2 amide bonds. The molecule has 1 aliphatic rings. The number of aryl methyl sites for hydroxylation is 1. The van der Waals surface area contributed by atoms with Gasteiger partial charge in [-0.25, -0.2) is 8.78 Å². The first-order valence-corrected chi connectivity index (χ1v) is 8.41. The SMILES string of the molecule is Cc1ccc(NC(=O)CN2C(=O)C(c3ccc(F)cc3)=NC2(C)C)cc1F. The van der Waals surface area contributed by atoms with Crippen molar-refractivity contribution in [1.29, 1.82) is 0 Å². The molecule has 7 heteroatoms. The van der Waals surface area contributed by atoms with Crippen molar-refractivity contribution in [2.24, 2.45) is 4.99 Å². The molecule has 5 nitrogen and oxygen atoms in total. The first kappa shape index (κ1) is 18.7. The third kappa shape index (κ3) is 3.86. The van der Waals surface area contributed by atoms with Crippen molar-refractivity contribution in [1.82, 2.24) is 4.90 Å². The first-order valence-electron chi connectivity index (χ1n) is 8.41. The van der Waals surface area contributed by atoms with E-state index in [1.807, 2.05) is 0 Å². The highest BCUT2D eigenvalue weighted by atomic mass is 19.1. The molecular formula is C20H19F2N3O2. The van der Waals surface area contributed by atoms with Crippen LogP contribution in [0.1, 0.15) is 25.0 Å². The minimum atomic E-state index is -0.934. The first-order chi connectivity index (χ1) is 12.7. The van der Waals surface area contributed by atoms with Crippen LogP contribution in [0.3, 0.4) is 0 Å². The highest BCUT2D eigenvalue weighted by Gasteiger charge is 2.41. The number of aliphatic imine (C=N–C) groups is 1. The van der Waals surface area contributed by atoms with Gasteiger partial charge in [0.05, 0.1) is 0 Å². The van der Waals surface area contributed by atoms with E-state index in [9.17, 15) is 18.4 Å². The van der Waals surface area contributed by atoms with Crippen molar-refractivity contribution in [3.05, 3.63) is 65.2 Å². The number of nitrogens with zero attached hydrogens (tertiary/aromatic N) is 2. The van der Waals surface area contributed by atoms with Crippen LogP contribution in [0.15, 0.2) is 47.5 Å². The molecule has 0 radical (unpaired) electrons. The fourth-order valence-corrected chi connectivity index (χ4v) is 2.83. The number of halogens is 2. The molecule has 0 aliphatic carbocycles. The monoisotopic (exact) mass is 371 g/mol. The molecule has 1 aliphatic heterocycles. The van der Waals surface area contributed by atoms with Gasteiger partial charge in [0.1, 0.15) is 29.6 Å². The lowest BCUT2D eigenvalue weighted by Gasteiger charge is -2.28. The molecule has 0 saturated heterocycles. The second-order valence-corrected chi connectivity index (χ2v) is 6.87. The van der Waals surface area contributed by atoms with E-state index in [0.29, 0.717) is 16.8 Å². The Kier molecular flexibility index (Phi) is 4.78. The summed E-state index contributed by atoms with van der Waals surface area (Å²) in [4.78, 5) is 30.8. The third-order valence-electron chi connectivity index (χ3n) is 4.37. The molecule has 0 atom stereocenters. The zero-order chi connectivity index (χ0) is 19.8. The van der Waals surface area contributed by atoms with Gasteiger partial charge >= 0.3 is 0 Å². The summed E-state index contributed by atoms with van der Waals surface area (Å²) in [5, 5.41) is 2.58. The number of nitrogens with one attached hydrogen (secondary N) is 1. The van der Waals surface area contributed by atoms with Gasteiger partial charge in [-0.05, 0) is 62.7 Å². The molecule has 3 rings (SSSR count). The van der Waals surface area contributed by atoms with Gasteiger partial charge < -0.3 is 10.2 Å².